The van der Waals surface area contributed by atoms with Gasteiger partial charge in [-0.25, -0.2) is 4.79 Å². The zero-order chi connectivity index (χ0) is 23.2. The highest BCUT2D eigenvalue weighted by molar-refractivity contribution is 5.82. The van der Waals surface area contributed by atoms with Crippen molar-refractivity contribution >= 4 is 18.0 Å². The Morgan fingerprint density at radius 1 is 1.00 bits per heavy atom. The zero-order valence-corrected chi connectivity index (χ0v) is 20.6. The van der Waals surface area contributed by atoms with Crippen molar-refractivity contribution in [2.24, 2.45) is 16.3 Å². The Bertz CT molecular complexity index is 639. The fourth-order valence-electron chi connectivity index (χ4n) is 3.61. The third-order valence-corrected chi connectivity index (χ3v) is 5.57. The molecule has 0 radical (unpaired) electrons. The predicted molar refractivity (Wildman–Crippen MR) is 124 cm³/mol. The van der Waals surface area contributed by atoms with Crippen LogP contribution in [-0.2, 0) is 9.53 Å². The summed E-state index contributed by atoms with van der Waals surface area (Å²) < 4.78 is 5.69. The number of hydrogen-bond acceptors (Lipinski definition) is 4. The van der Waals surface area contributed by atoms with Gasteiger partial charge in [-0.05, 0) is 52.4 Å². The smallest absolute Gasteiger partial charge is 0.410 e. The van der Waals surface area contributed by atoms with Crippen LogP contribution in [0.1, 0.15) is 67.2 Å². The molecule has 0 aromatic carbocycles. The number of carbonyl (C=O) groups is 2. The highest BCUT2D eigenvalue weighted by Gasteiger charge is 2.35. The third-order valence-electron chi connectivity index (χ3n) is 5.57. The molecule has 0 aromatic rings. The van der Waals surface area contributed by atoms with E-state index in [0.717, 1.165) is 38.4 Å². The van der Waals surface area contributed by atoms with Crippen LogP contribution in [0, 0.1) is 11.3 Å². The van der Waals surface area contributed by atoms with E-state index in [9.17, 15) is 9.59 Å². The molecule has 8 heteroatoms. The number of nitrogens with one attached hydrogen (secondary N) is 2. The number of amides is 2. The lowest BCUT2D eigenvalue weighted by molar-refractivity contribution is -0.128. The standard InChI is InChI=1S/C23H43N5O3/c1-22(2,3)19(29)25-12-13-26-20(24-7)27-14-10-18(11-15-27)28(16-17-8-9-17)21(30)31-23(4,5)6/h17-18H,8-16H2,1-7H3,(H,24,26)(H,25,29). The molecule has 2 rings (SSSR count). The van der Waals surface area contributed by atoms with Crippen molar-refractivity contribution in [1.82, 2.24) is 20.4 Å². The van der Waals surface area contributed by atoms with Crippen molar-refractivity contribution in [1.29, 1.82) is 0 Å². The first-order valence-electron chi connectivity index (χ1n) is 11.6. The summed E-state index contributed by atoms with van der Waals surface area (Å²) in [7, 11) is 1.78. The topological polar surface area (TPSA) is 86.3 Å². The minimum atomic E-state index is -0.478. The second-order valence-corrected chi connectivity index (χ2v) is 10.8. The maximum Gasteiger partial charge on any atom is 0.410 e. The number of piperidine rings is 1. The normalized spacial score (nSPS) is 18.5. The number of aliphatic imine (C=N–C) groups is 1. The van der Waals surface area contributed by atoms with Gasteiger partial charge >= 0.3 is 6.09 Å². The summed E-state index contributed by atoms with van der Waals surface area (Å²) in [4.78, 5) is 33.4. The number of likely N-dealkylation sites (tertiary alicyclic amines) is 1. The van der Waals surface area contributed by atoms with Gasteiger partial charge in [0, 0.05) is 51.2 Å². The molecule has 0 aromatic heterocycles. The van der Waals surface area contributed by atoms with Gasteiger partial charge in [-0.2, -0.15) is 0 Å². The minimum Gasteiger partial charge on any atom is -0.444 e. The van der Waals surface area contributed by atoms with Crippen molar-refractivity contribution in [2.45, 2.75) is 78.9 Å². The van der Waals surface area contributed by atoms with Crippen LogP contribution >= 0.6 is 0 Å². The van der Waals surface area contributed by atoms with Gasteiger partial charge in [0.15, 0.2) is 5.96 Å². The Morgan fingerprint density at radius 3 is 2.06 bits per heavy atom. The van der Waals surface area contributed by atoms with Gasteiger partial charge in [0.2, 0.25) is 5.91 Å². The average molecular weight is 438 g/mol. The number of ether oxygens (including phenoxy) is 1. The van der Waals surface area contributed by atoms with Gasteiger partial charge in [0.25, 0.3) is 0 Å². The summed E-state index contributed by atoms with van der Waals surface area (Å²) >= 11 is 0. The predicted octanol–water partition coefficient (Wildman–Crippen LogP) is 2.84. The largest absolute Gasteiger partial charge is 0.444 e. The first kappa shape index (κ1) is 25.3. The van der Waals surface area contributed by atoms with E-state index in [4.69, 9.17) is 4.74 Å². The Labute approximate surface area is 188 Å². The second-order valence-electron chi connectivity index (χ2n) is 10.8. The summed E-state index contributed by atoms with van der Waals surface area (Å²) in [5.74, 6) is 1.51. The van der Waals surface area contributed by atoms with Crippen LogP contribution in [0.4, 0.5) is 4.79 Å². The van der Waals surface area contributed by atoms with Crippen molar-refractivity contribution < 1.29 is 14.3 Å². The summed E-state index contributed by atoms with van der Waals surface area (Å²) in [5.41, 5.74) is -0.863. The van der Waals surface area contributed by atoms with Crippen LogP contribution in [0.25, 0.3) is 0 Å². The Balaban J connectivity index is 1.82. The van der Waals surface area contributed by atoms with Gasteiger partial charge in [-0.15, -0.1) is 0 Å². The molecule has 2 N–H and O–H groups in total. The Morgan fingerprint density at radius 2 is 1.58 bits per heavy atom. The monoisotopic (exact) mass is 437 g/mol. The molecule has 0 bridgehead atoms. The van der Waals surface area contributed by atoms with Crippen molar-refractivity contribution in [2.75, 3.05) is 39.8 Å². The van der Waals surface area contributed by atoms with Crippen molar-refractivity contribution in [3.63, 3.8) is 0 Å². The SMILES string of the molecule is CN=C(NCCNC(=O)C(C)(C)C)N1CCC(N(CC2CC2)C(=O)OC(C)(C)C)CC1. The molecule has 1 aliphatic carbocycles. The van der Waals surface area contributed by atoms with E-state index in [-0.39, 0.29) is 23.5 Å². The number of nitrogens with zero attached hydrogens (tertiary/aromatic N) is 3. The molecule has 0 atom stereocenters. The fourth-order valence-corrected chi connectivity index (χ4v) is 3.61. The number of guanidine groups is 1. The highest BCUT2D eigenvalue weighted by atomic mass is 16.6. The molecule has 2 aliphatic rings. The van der Waals surface area contributed by atoms with Gasteiger partial charge in [-0.3, -0.25) is 9.79 Å². The van der Waals surface area contributed by atoms with Gasteiger partial charge in [0.05, 0.1) is 0 Å². The molecule has 1 saturated heterocycles. The second kappa shape index (κ2) is 10.6. The maximum absolute atomic E-state index is 12.8. The Hall–Kier alpha value is -1.99. The van der Waals surface area contributed by atoms with E-state index in [2.05, 4.69) is 20.5 Å². The van der Waals surface area contributed by atoms with E-state index < -0.39 is 5.60 Å². The van der Waals surface area contributed by atoms with Gasteiger partial charge in [-0.1, -0.05) is 20.8 Å². The summed E-state index contributed by atoms with van der Waals surface area (Å²) in [6, 6.07) is 0.205. The molecule has 8 nitrogen and oxygen atoms in total. The first-order chi connectivity index (χ1) is 14.4. The fraction of sp³-hybridized carbons (Fsp3) is 0.870. The third kappa shape index (κ3) is 8.57. The molecule has 2 amide bonds. The molecule has 0 spiro atoms. The number of carbonyl (C=O) groups excluding carboxylic acids is 2. The van der Waals surface area contributed by atoms with Crippen LogP contribution in [0.5, 0.6) is 0 Å². The average Bonchev–Trinajstić information content (AvgIpc) is 3.48. The first-order valence-corrected chi connectivity index (χ1v) is 11.6. The molecule has 1 heterocycles. The van der Waals surface area contributed by atoms with E-state index in [1.807, 2.05) is 46.4 Å². The lowest BCUT2D eigenvalue weighted by atomic mass is 9.96. The van der Waals surface area contributed by atoms with Crippen LogP contribution in [0.15, 0.2) is 4.99 Å². The Kier molecular flexibility index (Phi) is 8.60. The molecule has 178 valence electrons. The van der Waals surface area contributed by atoms with Crippen LogP contribution in [0.3, 0.4) is 0 Å². The molecule has 0 unspecified atom stereocenters. The minimum absolute atomic E-state index is 0.0444. The van der Waals surface area contributed by atoms with E-state index >= 15 is 0 Å². The van der Waals surface area contributed by atoms with Crippen molar-refractivity contribution in [3.8, 4) is 0 Å². The van der Waals surface area contributed by atoms with E-state index in [1.54, 1.807) is 7.05 Å². The number of hydrogen-bond donors (Lipinski definition) is 2. The maximum atomic E-state index is 12.8. The van der Waals surface area contributed by atoms with Crippen LogP contribution in [-0.4, -0.2) is 79.2 Å². The summed E-state index contributed by atoms with van der Waals surface area (Å²) in [5, 5.41) is 6.29. The van der Waals surface area contributed by atoms with Crippen LogP contribution in [0.2, 0.25) is 0 Å². The molecule has 1 saturated carbocycles. The zero-order valence-electron chi connectivity index (χ0n) is 20.6. The molecular weight excluding hydrogens is 394 g/mol. The molecule has 31 heavy (non-hydrogen) atoms. The van der Waals surface area contributed by atoms with E-state index in [1.165, 1.54) is 12.8 Å². The van der Waals surface area contributed by atoms with Crippen LogP contribution < -0.4 is 10.6 Å². The number of rotatable bonds is 6. The summed E-state index contributed by atoms with van der Waals surface area (Å²) in [6.07, 6.45) is 4.02. The van der Waals surface area contributed by atoms with Gasteiger partial charge < -0.3 is 25.2 Å². The quantitative estimate of drug-likeness (QED) is 0.379. The molecular formula is C23H43N5O3. The lowest BCUT2D eigenvalue weighted by Crippen LogP contribution is -2.53. The molecule has 2 fully saturated rings. The van der Waals surface area contributed by atoms with Gasteiger partial charge in [0.1, 0.15) is 5.60 Å². The lowest BCUT2D eigenvalue weighted by Gasteiger charge is -2.40. The highest BCUT2D eigenvalue weighted by Crippen LogP contribution is 2.32. The van der Waals surface area contributed by atoms with Crippen molar-refractivity contribution in [3.05, 3.63) is 0 Å². The molecule has 1 aliphatic heterocycles. The van der Waals surface area contributed by atoms with E-state index in [0.29, 0.717) is 19.0 Å². The summed E-state index contributed by atoms with van der Waals surface area (Å²) in [6.45, 7) is 15.1.